The van der Waals surface area contributed by atoms with Gasteiger partial charge in [-0.05, 0) is 83.6 Å². The SMILES string of the molecule is Cc1c(-c2nc3nccc(-c4ccc5c(c4)CCCCC5NC(=O)OC(C)(C)C)c3[nH]2)cnn1C(C)C. The Labute approximate surface area is 217 Å². The van der Waals surface area contributed by atoms with Crippen molar-refractivity contribution in [3.05, 3.63) is 53.5 Å². The lowest BCUT2D eigenvalue weighted by Gasteiger charge is -2.24. The topological polar surface area (TPSA) is 97.7 Å². The van der Waals surface area contributed by atoms with Crippen LogP contribution < -0.4 is 5.32 Å². The molecule has 8 nitrogen and oxygen atoms in total. The van der Waals surface area contributed by atoms with Crippen LogP contribution in [0.4, 0.5) is 4.79 Å². The molecule has 194 valence electrons. The van der Waals surface area contributed by atoms with Gasteiger partial charge in [-0.25, -0.2) is 14.8 Å². The molecule has 1 unspecified atom stereocenters. The summed E-state index contributed by atoms with van der Waals surface area (Å²) in [5.74, 6) is 0.774. The Morgan fingerprint density at radius 2 is 2.00 bits per heavy atom. The first-order chi connectivity index (χ1) is 17.6. The minimum Gasteiger partial charge on any atom is -0.444 e. The van der Waals surface area contributed by atoms with Crippen LogP contribution in [0.25, 0.3) is 33.7 Å². The van der Waals surface area contributed by atoms with Gasteiger partial charge in [-0.15, -0.1) is 0 Å². The molecular formula is C29H36N6O2. The number of fused-ring (bicyclic) bond motifs is 2. The second-order valence-corrected chi connectivity index (χ2v) is 11.2. The summed E-state index contributed by atoms with van der Waals surface area (Å²) < 4.78 is 7.53. The highest BCUT2D eigenvalue weighted by molar-refractivity contribution is 5.91. The summed E-state index contributed by atoms with van der Waals surface area (Å²) in [4.78, 5) is 25.4. The Morgan fingerprint density at radius 3 is 2.73 bits per heavy atom. The van der Waals surface area contributed by atoms with Crippen LogP contribution in [0.1, 0.15) is 82.8 Å². The zero-order chi connectivity index (χ0) is 26.3. The number of carbonyl (C=O) groups is 1. The number of nitrogens with zero attached hydrogens (tertiary/aromatic N) is 4. The van der Waals surface area contributed by atoms with Crippen molar-refractivity contribution in [3.8, 4) is 22.5 Å². The normalized spacial score (nSPS) is 16.0. The number of carbonyl (C=O) groups excluding carboxylic acids is 1. The highest BCUT2D eigenvalue weighted by atomic mass is 16.6. The smallest absolute Gasteiger partial charge is 0.408 e. The van der Waals surface area contributed by atoms with Gasteiger partial charge in [0.25, 0.3) is 0 Å². The van der Waals surface area contributed by atoms with Crippen LogP contribution in [-0.4, -0.2) is 36.4 Å². The van der Waals surface area contributed by atoms with Crippen molar-refractivity contribution in [2.24, 2.45) is 0 Å². The first-order valence-electron chi connectivity index (χ1n) is 13.1. The lowest BCUT2D eigenvalue weighted by atomic mass is 9.94. The van der Waals surface area contributed by atoms with Gasteiger partial charge in [0.1, 0.15) is 11.4 Å². The van der Waals surface area contributed by atoms with E-state index in [1.54, 1.807) is 0 Å². The van der Waals surface area contributed by atoms with E-state index in [4.69, 9.17) is 9.72 Å². The van der Waals surface area contributed by atoms with Crippen LogP contribution in [0, 0.1) is 6.92 Å². The third-order valence-corrected chi connectivity index (χ3v) is 6.89. The number of nitrogens with one attached hydrogen (secondary N) is 2. The summed E-state index contributed by atoms with van der Waals surface area (Å²) in [5, 5.41) is 7.65. The molecule has 0 saturated heterocycles. The number of aryl methyl sites for hydroxylation is 1. The fraction of sp³-hybridized carbons (Fsp3) is 0.448. The Morgan fingerprint density at radius 1 is 1.19 bits per heavy atom. The number of hydrogen-bond acceptors (Lipinski definition) is 5. The lowest BCUT2D eigenvalue weighted by molar-refractivity contribution is 0.0501. The molecule has 1 aliphatic rings. The summed E-state index contributed by atoms with van der Waals surface area (Å²) >= 11 is 0. The van der Waals surface area contributed by atoms with E-state index in [0.717, 1.165) is 59.4 Å². The maximum Gasteiger partial charge on any atom is 0.408 e. The van der Waals surface area contributed by atoms with Gasteiger partial charge in [0, 0.05) is 23.5 Å². The molecule has 0 spiro atoms. The van der Waals surface area contributed by atoms with E-state index in [9.17, 15) is 4.79 Å². The molecule has 0 aliphatic heterocycles. The minimum atomic E-state index is -0.525. The third-order valence-electron chi connectivity index (χ3n) is 6.89. The van der Waals surface area contributed by atoms with Gasteiger partial charge in [0.05, 0.1) is 23.3 Å². The number of rotatable bonds is 4. The first kappa shape index (κ1) is 25.0. The number of ether oxygens (including phenoxy) is 1. The van der Waals surface area contributed by atoms with Crippen LogP contribution >= 0.6 is 0 Å². The van der Waals surface area contributed by atoms with E-state index in [2.05, 4.69) is 59.4 Å². The molecule has 0 bridgehead atoms. The summed E-state index contributed by atoms with van der Waals surface area (Å²) in [6.07, 6.45) is 7.33. The summed E-state index contributed by atoms with van der Waals surface area (Å²) in [7, 11) is 0. The number of aromatic amines is 1. The van der Waals surface area contributed by atoms with E-state index in [1.165, 1.54) is 11.1 Å². The van der Waals surface area contributed by atoms with Crippen molar-refractivity contribution < 1.29 is 9.53 Å². The molecule has 1 aliphatic carbocycles. The van der Waals surface area contributed by atoms with Crippen LogP contribution in [-0.2, 0) is 11.2 Å². The highest BCUT2D eigenvalue weighted by Gasteiger charge is 2.24. The molecule has 37 heavy (non-hydrogen) atoms. The van der Waals surface area contributed by atoms with Crippen LogP contribution in [0.3, 0.4) is 0 Å². The van der Waals surface area contributed by atoms with Gasteiger partial charge in [-0.3, -0.25) is 4.68 Å². The van der Waals surface area contributed by atoms with Crippen molar-refractivity contribution in [2.75, 3.05) is 0 Å². The number of hydrogen-bond donors (Lipinski definition) is 2. The Bertz CT molecular complexity index is 1440. The predicted octanol–water partition coefficient (Wildman–Crippen LogP) is 6.67. The molecule has 0 saturated carbocycles. The standard InChI is InChI=1S/C29H36N6O2/c1-17(2)35-18(3)23(16-31-35)26-33-25-22(13-14-30-27(25)34-26)20-11-12-21-19(15-20)9-7-8-10-24(21)32-28(36)37-29(4,5)6/h11-17,24H,7-10H2,1-6H3,(H,32,36)(H,30,33,34). The van der Waals surface area contributed by atoms with E-state index < -0.39 is 5.60 Å². The molecule has 1 atom stereocenters. The van der Waals surface area contributed by atoms with Crippen LogP contribution in [0.2, 0.25) is 0 Å². The zero-order valence-corrected chi connectivity index (χ0v) is 22.6. The van der Waals surface area contributed by atoms with E-state index in [0.29, 0.717) is 5.65 Å². The molecule has 3 aromatic heterocycles. The largest absolute Gasteiger partial charge is 0.444 e. The lowest BCUT2D eigenvalue weighted by Crippen LogP contribution is -2.35. The van der Waals surface area contributed by atoms with Crippen LogP contribution in [0.5, 0.6) is 0 Å². The molecule has 1 aromatic carbocycles. The average Bonchev–Trinajstić information content (AvgIpc) is 3.37. The first-order valence-corrected chi connectivity index (χ1v) is 13.1. The van der Waals surface area contributed by atoms with Crippen LogP contribution in [0.15, 0.2) is 36.7 Å². The molecule has 4 aromatic rings. The Balaban J connectivity index is 1.49. The fourth-order valence-electron chi connectivity index (χ4n) is 5.20. The number of H-pyrrole nitrogens is 1. The van der Waals surface area contributed by atoms with Gasteiger partial charge in [-0.1, -0.05) is 24.6 Å². The number of pyridine rings is 1. The number of imidazole rings is 1. The predicted molar refractivity (Wildman–Crippen MR) is 145 cm³/mol. The summed E-state index contributed by atoms with van der Waals surface area (Å²) in [5.41, 5.74) is 7.71. The second-order valence-electron chi connectivity index (χ2n) is 11.2. The third kappa shape index (κ3) is 5.10. The van der Waals surface area contributed by atoms with Crippen molar-refractivity contribution >= 4 is 17.3 Å². The fourth-order valence-corrected chi connectivity index (χ4v) is 5.20. The highest BCUT2D eigenvalue weighted by Crippen LogP contribution is 2.35. The minimum absolute atomic E-state index is 0.0573. The quantitative estimate of drug-likeness (QED) is 0.305. The number of amides is 1. The van der Waals surface area contributed by atoms with Crippen molar-refractivity contribution in [2.45, 2.75) is 84.9 Å². The molecule has 5 rings (SSSR count). The van der Waals surface area contributed by atoms with Gasteiger partial charge in [0.2, 0.25) is 0 Å². The number of benzene rings is 1. The summed E-state index contributed by atoms with van der Waals surface area (Å²) in [6, 6.07) is 8.78. The Kier molecular flexibility index (Phi) is 6.52. The van der Waals surface area contributed by atoms with Gasteiger partial charge in [0.15, 0.2) is 5.65 Å². The van der Waals surface area contributed by atoms with Crippen molar-refractivity contribution in [3.63, 3.8) is 0 Å². The molecular weight excluding hydrogens is 464 g/mol. The molecule has 0 fully saturated rings. The van der Waals surface area contributed by atoms with Gasteiger partial charge in [-0.2, -0.15) is 5.10 Å². The maximum atomic E-state index is 12.5. The average molecular weight is 501 g/mol. The van der Waals surface area contributed by atoms with Crippen molar-refractivity contribution in [1.82, 2.24) is 30.0 Å². The van der Waals surface area contributed by atoms with E-state index in [1.807, 2.05) is 43.9 Å². The molecule has 1 amide bonds. The van der Waals surface area contributed by atoms with Crippen molar-refractivity contribution in [1.29, 1.82) is 0 Å². The van der Waals surface area contributed by atoms with Gasteiger partial charge >= 0.3 is 6.09 Å². The van der Waals surface area contributed by atoms with E-state index >= 15 is 0 Å². The summed E-state index contributed by atoms with van der Waals surface area (Å²) in [6.45, 7) is 12.0. The molecule has 0 radical (unpaired) electrons. The molecule has 3 heterocycles. The van der Waals surface area contributed by atoms with E-state index in [-0.39, 0.29) is 18.2 Å². The number of alkyl carbamates (subject to hydrolysis) is 1. The molecule has 8 heteroatoms. The Hall–Kier alpha value is -3.68. The maximum absolute atomic E-state index is 12.5. The number of aromatic nitrogens is 5. The van der Waals surface area contributed by atoms with Gasteiger partial charge < -0.3 is 15.0 Å². The monoisotopic (exact) mass is 500 g/mol. The zero-order valence-electron chi connectivity index (χ0n) is 22.6. The second kappa shape index (κ2) is 9.65. The molecule has 2 N–H and O–H groups in total.